The van der Waals surface area contributed by atoms with Gasteiger partial charge < -0.3 is 20.3 Å². The molecule has 0 radical (unpaired) electrons. The van der Waals surface area contributed by atoms with Crippen molar-refractivity contribution in [3.63, 3.8) is 0 Å². The number of nitrogens with one attached hydrogen (secondary N) is 2. The zero-order valence-electron chi connectivity index (χ0n) is 19.6. The molecule has 0 aromatic heterocycles. The first-order valence-corrected chi connectivity index (χ1v) is 11.9. The van der Waals surface area contributed by atoms with E-state index in [0.717, 1.165) is 37.2 Å². The maximum Gasteiger partial charge on any atom is 0.325 e. The Labute approximate surface area is 200 Å². The first-order chi connectivity index (χ1) is 16.5. The molecule has 1 unspecified atom stereocenters. The Morgan fingerprint density at radius 3 is 2.59 bits per heavy atom. The van der Waals surface area contributed by atoms with E-state index in [9.17, 15) is 14.4 Å². The standard InChI is InChI=1S/C26H32N4O4/c1-2-34-25(32)17-23(20-6-4-3-5-7-20)28-24(31)18-29-14-15-30(26(29)33)22-9-8-19-10-12-27-13-11-21(19)16-22/h3-9,16,23,27H,2,10-15,17-18H2,1H3,(H,28,31). The molecule has 1 saturated heterocycles. The number of rotatable bonds is 8. The van der Waals surface area contributed by atoms with Crippen molar-refractivity contribution in [1.82, 2.24) is 15.5 Å². The molecule has 2 heterocycles. The smallest absolute Gasteiger partial charge is 0.325 e. The number of esters is 1. The lowest BCUT2D eigenvalue weighted by molar-refractivity contribution is -0.143. The Morgan fingerprint density at radius 2 is 1.82 bits per heavy atom. The molecule has 0 spiro atoms. The summed E-state index contributed by atoms with van der Waals surface area (Å²) in [6.45, 7) is 4.89. The maximum atomic E-state index is 13.1. The van der Waals surface area contributed by atoms with Gasteiger partial charge in [-0.05, 0) is 61.7 Å². The molecular weight excluding hydrogens is 432 g/mol. The van der Waals surface area contributed by atoms with Gasteiger partial charge in [0.15, 0.2) is 0 Å². The van der Waals surface area contributed by atoms with Gasteiger partial charge in [0.25, 0.3) is 0 Å². The predicted octanol–water partition coefficient (Wildman–Crippen LogP) is 2.43. The van der Waals surface area contributed by atoms with Crippen LogP contribution in [-0.2, 0) is 27.2 Å². The Balaban J connectivity index is 1.39. The summed E-state index contributed by atoms with van der Waals surface area (Å²) in [5, 5.41) is 6.32. The molecule has 0 aliphatic carbocycles. The molecule has 8 nitrogen and oxygen atoms in total. The number of urea groups is 1. The number of nitrogens with zero attached hydrogens (tertiary/aromatic N) is 2. The van der Waals surface area contributed by atoms with E-state index in [2.05, 4.69) is 22.8 Å². The minimum atomic E-state index is -0.514. The van der Waals surface area contributed by atoms with Gasteiger partial charge in [-0.3, -0.25) is 14.5 Å². The Bertz CT molecular complexity index is 1030. The third-order valence-corrected chi connectivity index (χ3v) is 6.29. The van der Waals surface area contributed by atoms with Crippen LogP contribution in [0.5, 0.6) is 0 Å². The van der Waals surface area contributed by atoms with Gasteiger partial charge in [-0.1, -0.05) is 36.4 Å². The van der Waals surface area contributed by atoms with Crippen LogP contribution in [0.25, 0.3) is 0 Å². The van der Waals surface area contributed by atoms with Crippen LogP contribution in [0.3, 0.4) is 0 Å². The lowest BCUT2D eigenvalue weighted by atomic mass is 10.0. The van der Waals surface area contributed by atoms with Crippen LogP contribution in [0, 0.1) is 0 Å². The molecule has 2 aromatic rings. The summed E-state index contributed by atoms with van der Waals surface area (Å²) < 4.78 is 5.07. The number of carbonyl (C=O) groups is 3. The Hall–Kier alpha value is -3.39. The molecule has 0 saturated carbocycles. The second kappa shape index (κ2) is 11.2. The van der Waals surface area contributed by atoms with Crippen molar-refractivity contribution in [2.75, 3.05) is 44.2 Å². The van der Waals surface area contributed by atoms with E-state index in [1.54, 1.807) is 16.7 Å². The number of hydrogen-bond acceptors (Lipinski definition) is 5. The summed E-state index contributed by atoms with van der Waals surface area (Å²) in [5.41, 5.74) is 4.29. The molecule has 0 bridgehead atoms. The molecule has 1 atom stereocenters. The van der Waals surface area contributed by atoms with Crippen LogP contribution in [-0.4, -0.2) is 62.1 Å². The van der Waals surface area contributed by atoms with Gasteiger partial charge in [0.05, 0.1) is 19.1 Å². The lowest BCUT2D eigenvalue weighted by Crippen LogP contribution is -2.41. The first kappa shape index (κ1) is 23.8. The SMILES string of the molecule is CCOC(=O)CC(NC(=O)CN1CCN(c2ccc3c(c2)CCNCC3)C1=O)c1ccccc1. The molecule has 1 fully saturated rings. The van der Waals surface area contributed by atoms with Gasteiger partial charge >= 0.3 is 12.0 Å². The molecule has 8 heteroatoms. The minimum absolute atomic E-state index is 0.0354. The van der Waals surface area contributed by atoms with E-state index >= 15 is 0 Å². The van der Waals surface area contributed by atoms with Gasteiger partial charge in [-0.15, -0.1) is 0 Å². The van der Waals surface area contributed by atoms with Crippen molar-refractivity contribution < 1.29 is 19.1 Å². The average molecular weight is 465 g/mol. The Morgan fingerprint density at radius 1 is 1.06 bits per heavy atom. The lowest BCUT2D eigenvalue weighted by Gasteiger charge is -2.22. The highest BCUT2D eigenvalue weighted by atomic mass is 16.5. The van der Waals surface area contributed by atoms with Crippen LogP contribution < -0.4 is 15.5 Å². The predicted molar refractivity (Wildman–Crippen MR) is 130 cm³/mol. The number of fused-ring (bicyclic) bond motifs is 1. The average Bonchev–Trinajstić information content (AvgIpc) is 3.04. The van der Waals surface area contributed by atoms with Gasteiger partial charge in [0.1, 0.15) is 6.54 Å². The summed E-state index contributed by atoms with van der Waals surface area (Å²) in [6, 6.07) is 14.8. The quantitative estimate of drug-likeness (QED) is 0.586. The van der Waals surface area contributed by atoms with E-state index < -0.39 is 6.04 Å². The number of carbonyl (C=O) groups excluding carboxylic acids is 3. The van der Waals surface area contributed by atoms with Gasteiger partial charge in [-0.25, -0.2) is 4.79 Å². The molecule has 2 aromatic carbocycles. The van der Waals surface area contributed by atoms with Crippen LogP contribution in [0.15, 0.2) is 48.5 Å². The molecule has 34 heavy (non-hydrogen) atoms. The van der Waals surface area contributed by atoms with Crippen molar-refractivity contribution in [2.45, 2.75) is 32.2 Å². The van der Waals surface area contributed by atoms with E-state index in [-0.39, 0.29) is 37.5 Å². The van der Waals surface area contributed by atoms with Crippen molar-refractivity contribution in [2.24, 2.45) is 0 Å². The van der Waals surface area contributed by atoms with E-state index in [1.807, 2.05) is 36.4 Å². The van der Waals surface area contributed by atoms with E-state index in [1.165, 1.54) is 11.1 Å². The molecule has 2 aliphatic rings. The zero-order valence-corrected chi connectivity index (χ0v) is 19.6. The summed E-state index contributed by atoms with van der Waals surface area (Å²) in [7, 11) is 0. The summed E-state index contributed by atoms with van der Waals surface area (Å²) in [5.74, 6) is -0.681. The Kier molecular flexibility index (Phi) is 7.80. The molecule has 180 valence electrons. The van der Waals surface area contributed by atoms with Crippen molar-refractivity contribution >= 4 is 23.6 Å². The van der Waals surface area contributed by atoms with Gasteiger partial charge in [0.2, 0.25) is 5.91 Å². The second-order valence-electron chi connectivity index (χ2n) is 8.60. The molecular formula is C26H32N4O4. The molecule has 4 rings (SSSR count). The fraction of sp³-hybridized carbons (Fsp3) is 0.423. The highest BCUT2D eigenvalue weighted by Gasteiger charge is 2.32. The molecule has 2 aliphatic heterocycles. The van der Waals surface area contributed by atoms with Gasteiger partial charge in [-0.2, -0.15) is 0 Å². The van der Waals surface area contributed by atoms with Crippen LogP contribution in [0.4, 0.5) is 10.5 Å². The summed E-state index contributed by atoms with van der Waals surface area (Å²) in [6.07, 6.45) is 1.97. The number of anilines is 1. The van der Waals surface area contributed by atoms with E-state index in [4.69, 9.17) is 4.74 Å². The first-order valence-electron chi connectivity index (χ1n) is 11.9. The highest BCUT2D eigenvalue weighted by Crippen LogP contribution is 2.25. The molecule has 2 N–H and O–H groups in total. The largest absolute Gasteiger partial charge is 0.466 e. The fourth-order valence-corrected chi connectivity index (χ4v) is 4.53. The zero-order chi connectivity index (χ0) is 23.9. The van der Waals surface area contributed by atoms with Crippen LogP contribution in [0.1, 0.15) is 36.1 Å². The fourth-order valence-electron chi connectivity index (χ4n) is 4.53. The topological polar surface area (TPSA) is 91.0 Å². The number of ether oxygens (including phenoxy) is 1. The van der Waals surface area contributed by atoms with Crippen molar-refractivity contribution in [3.8, 4) is 0 Å². The number of amides is 3. The minimum Gasteiger partial charge on any atom is -0.466 e. The van der Waals surface area contributed by atoms with Crippen molar-refractivity contribution in [3.05, 3.63) is 65.2 Å². The van der Waals surface area contributed by atoms with E-state index in [0.29, 0.717) is 13.1 Å². The number of hydrogen-bond donors (Lipinski definition) is 2. The third kappa shape index (κ3) is 5.75. The normalized spacial score (nSPS) is 16.6. The molecule has 3 amide bonds. The summed E-state index contributed by atoms with van der Waals surface area (Å²) in [4.78, 5) is 41.3. The highest BCUT2D eigenvalue weighted by molar-refractivity contribution is 5.96. The maximum absolute atomic E-state index is 13.1. The number of benzene rings is 2. The second-order valence-corrected chi connectivity index (χ2v) is 8.60. The van der Waals surface area contributed by atoms with Gasteiger partial charge in [0, 0.05) is 18.8 Å². The summed E-state index contributed by atoms with van der Waals surface area (Å²) >= 11 is 0. The third-order valence-electron chi connectivity index (χ3n) is 6.29. The monoisotopic (exact) mass is 464 g/mol. The van der Waals surface area contributed by atoms with Crippen LogP contribution >= 0.6 is 0 Å². The van der Waals surface area contributed by atoms with Crippen LogP contribution in [0.2, 0.25) is 0 Å². The van der Waals surface area contributed by atoms with Crippen molar-refractivity contribution in [1.29, 1.82) is 0 Å².